The zero-order valence-corrected chi connectivity index (χ0v) is 22.9. The summed E-state index contributed by atoms with van der Waals surface area (Å²) in [6.07, 6.45) is 7.70. The van der Waals surface area contributed by atoms with E-state index < -0.39 is 17.7 Å². The monoisotopic (exact) mass is 552 g/mol. The van der Waals surface area contributed by atoms with Gasteiger partial charge >= 0.3 is 0 Å². The quantitative estimate of drug-likeness (QED) is 0.365. The van der Waals surface area contributed by atoms with Crippen molar-refractivity contribution in [2.45, 2.75) is 50.7 Å². The van der Waals surface area contributed by atoms with E-state index in [2.05, 4.69) is 39.4 Å². The lowest BCUT2D eigenvalue weighted by molar-refractivity contribution is -0.133. The maximum Gasteiger partial charge on any atom is 0.246 e. The van der Waals surface area contributed by atoms with Crippen LogP contribution < -0.4 is 0 Å². The molecule has 2 saturated heterocycles. The van der Waals surface area contributed by atoms with Crippen LogP contribution >= 0.6 is 0 Å². The molecule has 2 fully saturated rings. The number of rotatable bonds is 8. The summed E-state index contributed by atoms with van der Waals surface area (Å²) in [6.45, 7) is 4.38. The highest BCUT2D eigenvalue weighted by Crippen LogP contribution is 2.34. The molecule has 2 aliphatic rings. The van der Waals surface area contributed by atoms with Crippen LogP contribution in [0.3, 0.4) is 0 Å². The highest BCUT2D eigenvalue weighted by atomic mass is 19.2. The molecule has 2 aromatic carbocycles. The Balaban J connectivity index is 1.19. The van der Waals surface area contributed by atoms with Gasteiger partial charge in [0, 0.05) is 61.9 Å². The number of carbonyl (C=O) groups excluding carboxylic acids is 1. The number of benzene rings is 2. The number of fused-ring (bicyclic) bond motifs is 1. The van der Waals surface area contributed by atoms with Crippen LogP contribution in [0.4, 0.5) is 8.78 Å². The minimum atomic E-state index is -0.927. The van der Waals surface area contributed by atoms with Crippen molar-refractivity contribution in [3.8, 4) is 0 Å². The molecule has 1 amide bonds. The van der Waals surface area contributed by atoms with Gasteiger partial charge in [-0.2, -0.15) is 0 Å². The van der Waals surface area contributed by atoms with Gasteiger partial charge in [0.1, 0.15) is 0 Å². The van der Waals surface area contributed by atoms with Crippen molar-refractivity contribution in [3.05, 3.63) is 77.0 Å². The number of hydrazine groups is 1. The lowest BCUT2D eigenvalue weighted by Crippen LogP contribution is -2.57. The van der Waals surface area contributed by atoms with Gasteiger partial charge in [-0.3, -0.25) is 4.79 Å². The van der Waals surface area contributed by atoms with Gasteiger partial charge in [0.15, 0.2) is 11.6 Å². The number of aryl methyl sites for hydroxylation is 1. The van der Waals surface area contributed by atoms with Crippen LogP contribution in [0.5, 0.6) is 0 Å². The van der Waals surface area contributed by atoms with Crippen molar-refractivity contribution in [1.29, 1.82) is 0 Å². The maximum absolute atomic E-state index is 13.7. The molecule has 0 aliphatic carbocycles. The van der Waals surface area contributed by atoms with Gasteiger partial charge in [0.25, 0.3) is 0 Å². The fourth-order valence-corrected chi connectivity index (χ4v) is 6.14. The number of halogens is 2. The number of likely N-dealkylation sites (tertiary alicyclic amines) is 1. The molecule has 7 nitrogen and oxygen atoms in total. The molecule has 0 spiro atoms. The van der Waals surface area contributed by atoms with Gasteiger partial charge in [0.2, 0.25) is 5.91 Å². The molecule has 3 N–H and O–H groups in total. The predicted octanol–water partition coefficient (Wildman–Crippen LogP) is 4.21. The van der Waals surface area contributed by atoms with Crippen LogP contribution in [0.25, 0.3) is 17.0 Å². The summed E-state index contributed by atoms with van der Waals surface area (Å²) in [5.41, 5.74) is 3.16. The van der Waals surface area contributed by atoms with Crippen LogP contribution in [0.2, 0.25) is 0 Å². The number of aliphatic hydroxyl groups excluding tert-OH is 2. The molecule has 1 unspecified atom stereocenters. The van der Waals surface area contributed by atoms with Gasteiger partial charge in [-0.25, -0.2) is 18.8 Å². The molecule has 9 heteroatoms. The lowest BCUT2D eigenvalue weighted by Gasteiger charge is -2.46. The van der Waals surface area contributed by atoms with E-state index >= 15 is 0 Å². The van der Waals surface area contributed by atoms with E-state index in [9.17, 15) is 23.8 Å². The highest BCUT2D eigenvalue weighted by molar-refractivity contribution is 5.91. The molecule has 214 valence electrons. The Morgan fingerprint density at radius 2 is 1.85 bits per heavy atom. The van der Waals surface area contributed by atoms with Gasteiger partial charge in [-0.15, -0.1) is 0 Å². The van der Waals surface area contributed by atoms with Crippen molar-refractivity contribution in [2.75, 3.05) is 39.3 Å². The Labute approximate surface area is 233 Å². The lowest BCUT2D eigenvalue weighted by atomic mass is 9.89. The van der Waals surface area contributed by atoms with E-state index in [0.717, 1.165) is 50.4 Å². The number of carbonyl (C=O) groups is 1. The molecular weight excluding hydrogens is 514 g/mol. The van der Waals surface area contributed by atoms with Crippen molar-refractivity contribution < 1.29 is 23.8 Å². The van der Waals surface area contributed by atoms with Gasteiger partial charge in [-0.1, -0.05) is 18.2 Å². The zero-order chi connectivity index (χ0) is 28.2. The van der Waals surface area contributed by atoms with Crippen molar-refractivity contribution in [2.24, 2.45) is 0 Å². The average molecular weight is 553 g/mol. The fraction of sp³-hybridized carbons (Fsp3) is 0.452. The first kappa shape index (κ1) is 28.4. The molecule has 1 aromatic heterocycles. The Hall–Kier alpha value is -3.11. The molecule has 3 aromatic rings. The summed E-state index contributed by atoms with van der Waals surface area (Å²) in [4.78, 5) is 18.0. The number of aromatic nitrogens is 1. The summed E-state index contributed by atoms with van der Waals surface area (Å²) in [7, 11) is 0. The first-order chi connectivity index (χ1) is 19.3. The minimum absolute atomic E-state index is 0.146. The number of aromatic amines is 1. The number of aliphatic hydroxyl groups is 2. The summed E-state index contributed by atoms with van der Waals surface area (Å²) in [5.74, 6) is -1.50. The van der Waals surface area contributed by atoms with Crippen molar-refractivity contribution in [1.82, 2.24) is 19.9 Å². The minimum Gasteiger partial charge on any atom is -0.394 e. The number of hydrogen-bond acceptors (Lipinski definition) is 5. The SMILES string of the molecule is Cc1cc(/C=C/C(=O)N2CCC(N(CC(O)CO)N3CCC(c4c[nH]c5ccccc45)CC3)CC2)cc(F)c1F. The molecule has 2 aliphatic heterocycles. The second kappa shape index (κ2) is 12.6. The van der Waals surface area contributed by atoms with E-state index in [1.54, 1.807) is 4.90 Å². The summed E-state index contributed by atoms with van der Waals surface area (Å²) in [6, 6.07) is 11.1. The number of piperidine rings is 2. The standard InChI is InChI=1S/C31H38F2N4O3/c1-21-16-22(17-28(32)31(21)33)6-7-30(40)35-12-10-24(11-13-35)37(19-25(39)20-38)36-14-8-23(9-15-36)27-18-34-29-5-3-2-4-26(27)29/h2-7,16-18,23-25,34,38-39H,8-15,19-20H2,1H3/b7-6+. The topological polar surface area (TPSA) is 83.0 Å². The third-order valence-corrected chi connectivity index (χ3v) is 8.35. The van der Waals surface area contributed by atoms with E-state index in [1.165, 1.54) is 36.1 Å². The Morgan fingerprint density at radius 1 is 1.12 bits per heavy atom. The second-order valence-corrected chi connectivity index (χ2v) is 11.0. The molecule has 40 heavy (non-hydrogen) atoms. The van der Waals surface area contributed by atoms with Crippen molar-refractivity contribution >= 4 is 22.9 Å². The smallest absolute Gasteiger partial charge is 0.246 e. The van der Waals surface area contributed by atoms with E-state index in [4.69, 9.17) is 0 Å². The maximum atomic E-state index is 13.7. The van der Waals surface area contributed by atoms with Crippen LogP contribution in [0.15, 0.2) is 48.7 Å². The first-order valence-corrected chi connectivity index (χ1v) is 14.1. The number of para-hydroxylation sites is 1. The summed E-state index contributed by atoms with van der Waals surface area (Å²) < 4.78 is 27.3. The largest absolute Gasteiger partial charge is 0.394 e. The number of amides is 1. The number of hydrogen-bond donors (Lipinski definition) is 3. The van der Waals surface area contributed by atoms with Gasteiger partial charge in [0.05, 0.1) is 12.7 Å². The molecular formula is C31H38F2N4O3. The summed E-state index contributed by atoms with van der Waals surface area (Å²) >= 11 is 0. The van der Waals surface area contributed by atoms with E-state index in [-0.39, 0.29) is 24.1 Å². The third kappa shape index (κ3) is 6.28. The number of nitrogens with zero attached hydrogens (tertiary/aromatic N) is 3. The first-order valence-electron chi connectivity index (χ1n) is 14.1. The molecule has 0 radical (unpaired) electrons. The van der Waals surface area contributed by atoms with Crippen LogP contribution in [0, 0.1) is 18.6 Å². The average Bonchev–Trinajstić information content (AvgIpc) is 3.41. The number of H-pyrrole nitrogens is 1. The Morgan fingerprint density at radius 3 is 2.55 bits per heavy atom. The molecule has 0 bridgehead atoms. The van der Waals surface area contributed by atoms with Gasteiger partial charge < -0.3 is 20.1 Å². The van der Waals surface area contributed by atoms with Gasteiger partial charge in [-0.05, 0) is 79.5 Å². The Kier molecular flexibility index (Phi) is 8.95. The molecule has 5 rings (SSSR count). The molecule has 1 atom stereocenters. The molecule has 3 heterocycles. The zero-order valence-electron chi connectivity index (χ0n) is 22.9. The van der Waals surface area contributed by atoms with Crippen LogP contribution in [-0.2, 0) is 4.79 Å². The predicted molar refractivity (Wildman–Crippen MR) is 151 cm³/mol. The Bertz CT molecular complexity index is 1320. The molecule has 0 saturated carbocycles. The summed E-state index contributed by atoms with van der Waals surface area (Å²) in [5, 5.41) is 25.7. The van der Waals surface area contributed by atoms with Crippen LogP contribution in [0.1, 0.15) is 48.3 Å². The van der Waals surface area contributed by atoms with Crippen LogP contribution in [-0.4, -0.2) is 87.5 Å². The van der Waals surface area contributed by atoms with E-state index in [0.29, 0.717) is 31.1 Å². The third-order valence-electron chi connectivity index (χ3n) is 8.35. The van der Waals surface area contributed by atoms with Crippen molar-refractivity contribution in [3.63, 3.8) is 0 Å². The fourth-order valence-electron chi connectivity index (χ4n) is 6.14. The second-order valence-electron chi connectivity index (χ2n) is 11.0. The highest BCUT2D eigenvalue weighted by Gasteiger charge is 2.33. The number of nitrogens with one attached hydrogen (secondary N) is 1. The normalized spacial score (nSPS) is 18.8. The van der Waals surface area contributed by atoms with E-state index in [1.807, 2.05) is 6.07 Å².